The normalized spacial score (nSPS) is 13.7. The Labute approximate surface area is 137 Å². The lowest BCUT2D eigenvalue weighted by Crippen LogP contribution is -2.26. The van der Waals surface area contributed by atoms with Crippen LogP contribution in [0.5, 0.6) is 5.75 Å². The van der Waals surface area contributed by atoms with Gasteiger partial charge in [0.2, 0.25) is 0 Å². The zero-order valence-corrected chi connectivity index (χ0v) is 14.2. The molecule has 0 saturated carbocycles. The number of hydrogen-bond donors (Lipinski definition) is 2. The van der Waals surface area contributed by atoms with Gasteiger partial charge in [-0.25, -0.2) is 4.39 Å². The highest BCUT2D eigenvalue weighted by atomic mass is 35.5. The van der Waals surface area contributed by atoms with E-state index in [0.29, 0.717) is 24.5 Å². The van der Waals surface area contributed by atoms with E-state index in [9.17, 15) is 9.50 Å². The lowest BCUT2D eigenvalue weighted by molar-refractivity contribution is 0.128. The summed E-state index contributed by atoms with van der Waals surface area (Å²) in [5, 5.41) is 10.2. The highest BCUT2D eigenvalue weighted by Crippen LogP contribution is 2.32. The minimum absolute atomic E-state index is 0. The molecular formula is C15H24Cl2FNO2. The minimum Gasteiger partial charge on any atom is -0.489 e. The molecule has 0 heterocycles. The molecule has 0 bridgehead atoms. The van der Waals surface area contributed by atoms with Gasteiger partial charge in [0.25, 0.3) is 0 Å². The first-order valence-corrected chi connectivity index (χ1v) is 7.30. The molecule has 0 amide bonds. The number of ether oxygens (including phenoxy) is 1. The maximum atomic E-state index is 13.9. The third kappa shape index (κ3) is 5.99. The van der Waals surface area contributed by atoms with E-state index in [4.69, 9.17) is 22.1 Å². The highest BCUT2D eigenvalue weighted by Gasteiger charge is 2.20. The first-order valence-electron chi connectivity index (χ1n) is 6.92. The summed E-state index contributed by atoms with van der Waals surface area (Å²) in [6, 6.07) is 2.18. The summed E-state index contributed by atoms with van der Waals surface area (Å²) in [4.78, 5) is 0. The molecular weight excluding hydrogens is 316 g/mol. The van der Waals surface area contributed by atoms with Gasteiger partial charge < -0.3 is 15.6 Å². The van der Waals surface area contributed by atoms with Gasteiger partial charge in [0.05, 0.1) is 23.8 Å². The summed E-state index contributed by atoms with van der Waals surface area (Å²) in [7, 11) is 0. The SMILES string of the molecule is CCOc1c(F)cc([C@@H](N)[C@@H](O)CCC(C)C)cc1Cl.Cl. The summed E-state index contributed by atoms with van der Waals surface area (Å²) in [5.74, 6) is -0.0415. The van der Waals surface area contributed by atoms with Crippen molar-refractivity contribution < 1.29 is 14.2 Å². The maximum Gasteiger partial charge on any atom is 0.173 e. The van der Waals surface area contributed by atoms with Crippen molar-refractivity contribution in [2.45, 2.75) is 45.8 Å². The number of aliphatic hydroxyl groups is 1. The number of halogens is 3. The van der Waals surface area contributed by atoms with Gasteiger partial charge >= 0.3 is 0 Å². The number of nitrogens with two attached hydrogens (primary N) is 1. The van der Waals surface area contributed by atoms with E-state index in [1.165, 1.54) is 6.07 Å². The van der Waals surface area contributed by atoms with Crippen molar-refractivity contribution in [2.75, 3.05) is 6.61 Å². The predicted molar refractivity (Wildman–Crippen MR) is 86.8 cm³/mol. The van der Waals surface area contributed by atoms with Crippen LogP contribution in [0.25, 0.3) is 0 Å². The molecule has 3 nitrogen and oxygen atoms in total. The van der Waals surface area contributed by atoms with Crippen LogP contribution in [-0.2, 0) is 0 Å². The molecule has 3 N–H and O–H groups in total. The monoisotopic (exact) mass is 339 g/mol. The largest absolute Gasteiger partial charge is 0.489 e. The Hall–Kier alpha value is -0.550. The number of rotatable bonds is 7. The minimum atomic E-state index is -0.717. The first-order chi connectivity index (χ1) is 9.36. The standard InChI is InChI=1S/C15H23ClFNO2.ClH/c1-4-20-15-11(16)7-10(8-12(15)17)14(18)13(19)6-5-9(2)3;/h7-9,13-14,19H,4-6,18H2,1-3H3;1H/t13-,14+;/m0./s1. The van der Waals surface area contributed by atoms with Crippen LogP contribution in [0.3, 0.4) is 0 Å². The Morgan fingerprint density at radius 2 is 1.95 bits per heavy atom. The molecule has 1 rings (SSSR count). The smallest absolute Gasteiger partial charge is 0.173 e. The van der Waals surface area contributed by atoms with E-state index in [2.05, 4.69) is 13.8 Å². The quantitative estimate of drug-likeness (QED) is 0.786. The van der Waals surface area contributed by atoms with Crippen LogP contribution in [0.15, 0.2) is 12.1 Å². The Bertz CT molecular complexity index is 421. The lowest BCUT2D eigenvalue weighted by atomic mass is 9.96. The summed E-state index contributed by atoms with van der Waals surface area (Å²) in [6.07, 6.45) is 0.721. The third-order valence-electron chi connectivity index (χ3n) is 3.15. The Morgan fingerprint density at radius 3 is 2.43 bits per heavy atom. The molecule has 122 valence electrons. The van der Waals surface area contributed by atoms with Gasteiger partial charge in [-0.15, -0.1) is 12.4 Å². The lowest BCUT2D eigenvalue weighted by Gasteiger charge is -2.21. The molecule has 0 aliphatic rings. The third-order valence-corrected chi connectivity index (χ3v) is 3.43. The molecule has 0 saturated heterocycles. The molecule has 0 aliphatic heterocycles. The van der Waals surface area contributed by atoms with E-state index in [1.807, 2.05) is 0 Å². The topological polar surface area (TPSA) is 55.5 Å². The first kappa shape index (κ1) is 20.5. The predicted octanol–water partition coefficient (Wildman–Crippen LogP) is 4.10. The van der Waals surface area contributed by atoms with Gasteiger partial charge in [-0.1, -0.05) is 25.4 Å². The fraction of sp³-hybridized carbons (Fsp3) is 0.600. The molecule has 0 radical (unpaired) electrons. The van der Waals surface area contributed by atoms with Crippen LogP contribution < -0.4 is 10.5 Å². The van der Waals surface area contributed by atoms with Crippen molar-refractivity contribution in [3.05, 3.63) is 28.5 Å². The van der Waals surface area contributed by atoms with Crippen LogP contribution in [0.4, 0.5) is 4.39 Å². The molecule has 0 unspecified atom stereocenters. The van der Waals surface area contributed by atoms with Crippen LogP contribution in [0.1, 0.15) is 45.2 Å². The van der Waals surface area contributed by atoms with Gasteiger partial charge in [0.15, 0.2) is 11.6 Å². The summed E-state index contributed by atoms with van der Waals surface area (Å²) in [5.41, 5.74) is 6.45. The van der Waals surface area contributed by atoms with Crippen LogP contribution in [0, 0.1) is 11.7 Å². The van der Waals surface area contributed by atoms with Gasteiger partial charge in [-0.2, -0.15) is 0 Å². The summed E-state index contributed by atoms with van der Waals surface area (Å²) < 4.78 is 19.0. The second-order valence-electron chi connectivity index (χ2n) is 5.31. The fourth-order valence-corrected chi connectivity index (χ4v) is 2.23. The molecule has 0 aromatic heterocycles. The van der Waals surface area contributed by atoms with Crippen molar-refractivity contribution in [3.8, 4) is 5.75 Å². The second-order valence-corrected chi connectivity index (χ2v) is 5.72. The molecule has 1 aromatic carbocycles. The second kappa shape index (κ2) is 9.46. The zero-order chi connectivity index (χ0) is 15.3. The van der Waals surface area contributed by atoms with E-state index in [-0.39, 0.29) is 23.2 Å². The zero-order valence-electron chi connectivity index (χ0n) is 12.6. The van der Waals surface area contributed by atoms with Crippen LogP contribution in [0.2, 0.25) is 5.02 Å². The maximum absolute atomic E-state index is 13.9. The number of hydrogen-bond acceptors (Lipinski definition) is 3. The van der Waals surface area contributed by atoms with Crippen molar-refractivity contribution in [1.82, 2.24) is 0 Å². The Morgan fingerprint density at radius 1 is 1.33 bits per heavy atom. The molecule has 21 heavy (non-hydrogen) atoms. The van der Waals surface area contributed by atoms with Crippen molar-refractivity contribution in [2.24, 2.45) is 11.7 Å². The molecule has 6 heteroatoms. The van der Waals surface area contributed by atoms with E-state index in [1.54, 1.807) is 13.0 Å². The summed E-state index contributed by atoms with van der Waals surface area (Å²) in [6.45, 7) is 6.24. The van der Waals surface area contributed by atoms with Crippen molar-refractivity contribution in [1.29, 1.82) is 0 Å². The van der Waals surface area contributed by atoms with Gasteiger partial charge in [-0.3, -0.25) is 0 Å². The summed E-state index contributed by atoms with van der Waals surface area (Å²) >= 11 is 5.99. The average molecular weight is 340 g/mol. The van der Waals surface area contributed by atoms with E-state index in [0.717, 1.165) is 6.42 Å². The van der Waals surface area contributed by atoms with E-state index >= 15 is 0 Å². The average Bonchev–Trinajstić information content (AvgIpc) is 2.39. The Balaban J connectivity index is 0.00000400. The van der Waals surface area contributed by atoms with Gasteiger partial charge in [-0.05, 0) is 43.4 Å². The van der Waals surface area contributed by atoms with Gasteiger partial charge in [0.1, 0.15) is 0 Å². The van der Waals surface area contributed by atoms with Gasteiger partial charge in [0, 0.05) is 0 Å². The molecule has 2 atom stereocenters. The molecule has 0 aliphatic carbocycles. The van der Waals surface area contributed by atoms with Crippen molar-refractivity contribution >= 4 is 24.0 Å². The van der Waals surface area contributed by atoms with Crippen molar-refractivity contribution in [3.63, 3.8) is 0 Å². The van der Waals surface area contributed by atoms with E-state index < -0.39 is 18.0 Å². The molecule has 1 aromatic rings. The highest BCUT2D eigenvalue weighted by molar-refractivity contribution is 6.32. The molecule has 0 spiro atoms. The number of aliphatic hydroxyl groups excluding tert-OH is 1. The number of benzene rings is 1. The molecule has 0 fully saturated rings. The van der Waals surface area contributed by atoms with Crippen LogP contribution in [-0.4, -0.2) is 17.8 Å². The van der Waals surface area contributed by atoms with Crippen LogP contribution >= 0.6 is 24.0 Å². The Kier molecular flexibility index (Phi) is 9.22. The fourth-order valence-electron chi connectivity index (χ4n) is 1.96.